The van der Waals surface area contributed by atoms with E-state index in [-0.39, 0.29) is 11.9 Å². The number of nitrogens with one attached hydrogen (secondary N) is 1. The molecule has 0 saturated heterocycles. The molecule has 1 amide bonds. The molecule has 0 fully saturated rings. The first-order valence-corrected chi connectivity index (χ1v) is 9.31. The third-order valence-electron chi connectivity index (χ3n) is 5.32. The van der Waals surface area contributed by atoms with Crippen LogP contribution < -0.4 is 14.8 Å². The molecule has 27 heavy (non-hydrogen) atoms. The second kappa shape index (κ2) is 7.56. The summed E-state index contributed by atoms with van der Waals surface area (Å²) in [4.78, 5) is 19.1. The molecule has 3 heterocycles. The molecule has 0 bridgehead atoms. The zero-order valence-electron chi connectivity index (χ0n) is 15.8. The third kappa shape index (κ3) is 3.62. The first-order valence-electron chi connectivity index (χ1n) is 9.31. The van der Waals surface area contributed by atoms with Crippen LogP contribution in [0.4, 0.5) is 0 Å². The lowest BCUT2D eigenvalue weighted by Gasteiger charge is -2.30. The lowest BCUT2D eigenvalue weighted by atomic mass is 9.98. The van der Waals surface area contributed by atoms with Crippen LogP contribution in [0.1, 0.15) is 35.8 Å². The monoisotopic (exact) mass is 371 g/mol. The SMILES string of the molecule is COc1cc2c(cc1OC)CN(CC(=O)NC1CCCn3ncnc31)CC2. The smallest absolute Gasteiger partial charge is 0.234 e. The van der Waals surface area contributed by atoms with Gasteiger partial charge >= 0.3 is 0 Å². The Labute approximate surface area is 158 Å². The number of hydrogen-bond acceptors (Lipinski definition) is 6. The van der Waals surface area contributed by atoms with Crippen LogP contribution in [0.5, 0.6) is 11.5 Å². The number of amides is 1. The highest BCUT2D eigenvalue weighted by molar-refractivity contribution is 5.78. The van der Waals surface area contributed by atoms with Crippen molar-refractivity contribution >= 4 is 5.91 Å². The first-order chi connectivity index (χ1) is 13.2. The van der Waals surface area contributed by atoms with Crippen LogP contribution in [0.2, 0.25) is 0 Å². The van der Waals surface area contributed by atoms with E-state index in [0.717, 1.165) is 56.2 Å². The van der Waals surface area contributed by atoms with Gasteiger partial charge in [0.05, 0.1) is 26.8 Å². The maximum Gasteiger partial charge on any atom is 0.234 e. The highest BCUT2D eigenvalue weighted by Gasteiger charge is 2.26. The molecular formula is C19H25N5O3. The minimum absolute atomic E-state index is 0.0281. The summed E-state index contributed by atoms with van der Waals surface area (Å²) in [5.41, 5.74) is 2.44. The molecule has 8 nitrogen and oxygen atoms in total. The molecule has 0 radical (unpaired) electrons. The lowest BCUT2D eigenvalue weighted by Crippen LogP contribution is -2.42. The number of rotatable bonds is 5. The summed E-state index contributed by atoms with van der Waals surface area (Å²) in [7, 11) is 3.29. The van der Waals surface area contributed by atoms with Gasteiger partial charge in [0, 0.05) is 19.6 Å². The molecule has 4 rings (SSSR count). The summed E-state index contributed by atoms with van der Waals surface area (Å²) in [5.74, 6) is 2.36. The van der Waals surface area contributed by atoms with Crippen molar-refractivity contribution < 1.29 is 14.3 Å². The first kappa shape index (κ1) is 17.8. The zero-order valence-corrected chi connectivity index (χ0v) is 15.8. The van der Waals surface area contributed by atoms with E-state index in [1.54, 1.807) is 20.5 Å². The van der Waals surface area contributed by atoms with Gasteiger partial charge in [-0.1, -0.05) is 0 Å². The minimum Gasteiger partial charge on any atom is -0.493 e. The van der Waals surface area contributed by atoms with Gasteiger partial charge in [0.2, 0.25) is 5.91 Å². The largest absolute Gasteiger partial charge is 0.493 e. The fraction of sp³-hybridized carbons (Fsp3) is 0.526. The number of hydrogen-bond donors (Lipinski definition) is 1. The Hall–Kier alpha value is -2.61. The number of benzene rings is 1. The second-order valence-electron chi connectivity index (χ2n) is 7.04. The van der Waals surface area contributed by atoms with E-state index in [4.69, 9.17) is 9.47 Å². The Morgan fingerprint density at radius 3 is 2.78 bits per heavy atom. The number of methoxy groups -OCH3 is 2. The van der Waals surface area contributed by atoms with Crippen LogP contribution in [0.3, 0.4) is 0 Å². The van der Waals surface area contributed by atoms with Gasteiger partial charge in [-0.15, -0.1) is 0 Å². The van der Waals surface area contributed by atoms with E-state index in [1.165, 1.54) is 11.1 Å². The van der Waals surface area contributed by atoms with Gasteiger partial charge in [-0.2, -0.15) is 5.10 Å². The summed E-state index contributed by atoms with van der Waals surface area (Å²) in [6.07, 6.45) is 4.36. The second-order valence-corrected chi connectivity index (χ2v) is 7.04. The normalized spacial score (nSPS) is 19.1. The third-order valence-corrected chi connectivity index (χ3v) is 5.32. The Balaban J connectivity index is 1.39. The van der Waals surface area contributed by atoms with Crippen LogP contribution >= 0.6 is 0 Å². The summed E-state index contributed by atoms with van der Waals surface area (Å²) in [6.45, 7) is 2.81. The Morgan fingerprint density at radius 2 is 2.00 bits per heavy atom. The Bertz CT molecular complexity index is 835. The van der Waals surface area contributed by atoms with Gasteiger partial charge in [0.1, 0.15) is 12.2 Å². The number of carbonyl (C=O) groups excluding carboxylic acids is 1. The summed E-state index contributed by atoms with van der Waals surface area (Å²) < 4.78 is 12.7. The molecular weight excluding hydrogens is 346 g/mol. The van der Waals surface area contributed by atoms with Crippen LogP contribution in [0.25, 0.3) is 0 Å². The van der Waals surface area contributed by atoms with E-state index in [0.29, 0.717) is 6.54 Å². The highest BCUT2D eigenvalue weighted by atomic mass is 16.5. The van der Waals surface area contributed by atoms with Crippen molar-refractivity contribution in [3.8, 4) is 11.5 Å². The number of aryl methyl sites for hydroxylation is 1. The van der Waals surface area contributed by atoms with Gasteiger partial charge < -0.3 is 14.8 Å². The molecule has 1 aromatic heterocycles. The summed E-state index contributed by atoms with van der Waals surface area (Å²) >= 11 is 0. The van der Waals surface area contributed by atoms with E-state index in [9.17, 15) is 4.79 Å². The fourth-order valence-electron chi connectivity index (χ4n) is 3.95. The summed E-state index contributed by atoms with van der Waals surface area (Å²) in [5, 5.41) is 7.33. The predicted molar refractivity (Wildman–Crippen MR) is 98.7 cm³/mol. The Morgan fingerprint density at radius 1 is 1.22 bits per heavy atom. The van der Waals surface area contributed by atoms with Crippen LogP contribution in [-0.2, 0) is 24.3 Å². The number of fused-ring (bicyclic) bond motifs is 2. The average Bonchev–Trinajstić information content (AvgIpc) is 3.16. The molecule has 2 aliphatic heterocycles. The fourth-order valence-corrected chi connectivity index (χ4v) is 3.95. The molecule has 2 aliphatic rings. The van der Waals surface area contributed by atoms with Crippen molar-refractivity contribution in [2.24, 2.45) is 0 Å². The Kier molecular flexibility index (Phi) is 4.98. The maximum atomic E-state index is 12.6. The van der Waals surface area contributed by atoms with Gasteiger partial charge in [0.25, 0.3) is 0 Å². The van der Waals surface area contributed by atoms with Crippen molar-refractivity contribution in [1.29, 1.82) is 0 Å². The van der Waals surface area contributed by atoms with Crippen LogP contribution in [0.15, 0.2) is 18.5 Å². The minimum atomic E-state index is -0.0461. The van der Waals surface area contributed by atoms with Crippen molar-refractivity contribution in [2.45, 2.75) is 38.4 Å². The molecule has 0 saturated carbocycles. The molecule has 8 heteroatoms. The van der Waals surface area contributed by atoms with Crippen LogP contribution in [0, 0.1) is 0 Å². The molecule has 2 aromatic rings. The topological polar surface area (TPSA) is 81.5 Å². The van der Waals surface area contributed by atoms with Gasteiger partial charge in [-0.05, 0) is 42.5 Å². The molecule has 1 aromatic carbocycles. The molecule has 0 aliphatic carbocycles. The van der Waals surface area contributed by atoms with Crippen molar-refractivity contribution in [1.82, 2.24) is 25.0 Å². The van der Waals surface area contributed by atoms with E-state index in [1.807, 2.05) is 16.8 Å². The van der Waals surface area contributed by atoms with Crippen molar-refractivity contribution in [3.05, 3.63) is 35.4 Å². The molecule has 0 spiro atoms. The zero-order chi connectivity index (χ0) is 18.8. The van der Waals surface area contributed by atoms with E-state index in [2.05, 4.69) is 20.3 Å². The number of nitrogens with zero attached hydrogens (tertiary/aromatic N) is 4. The molecule has 1 N–H and O–H groups in total. The highest BCUT2D eigenvalue weighted by Crippen LogP contribution is 2.33. The van der Waals surface area contributed by atoms with Crippen molar-refractivity contribution in [2.75, 3.05) is 27.3 Å². The lowest BCUT2D eigenvalue weighted by molar-refractivity contribution is -0.123. The van der Waals surface area contributed by atoms with Crippen molar-refractivity contribution in [3.63, 3.8) is 0 Å². The molecule has 144 valence electrons. The number of ether oxygens (including phenoxy) is 2. The van der Waals surface area contributed by atoms with Gasteiger partial charge in [-0.25, -0.2) is 9.67 Å². The number of carbonyl (C=O) groups is 1. The quantitative estimate of drug-likeness (QED) is 0.853. The van der Waals surface area contributed by atoms with Gasteiger partial charge in [-0.3, -0.25) is 9.69 Å². The molecule has 1 atom stereocenters. The molecule has 1 unspecified atom stereocenters. The van der Waals surface area contributed by atoms with Gasteiger partial charge in [0.15, 0.2) is 11.5 Å². The van der Waals surface area contributed by atoms with Crippen LogP contribution in [-0.4, -0.2) is 52.9 Å². The van der Waals surface area contributed by atoms with E-state index < -0.39 is 0 Å². The maximum absolute atomic E-state index is 12.6. The van der Waals surface area contributed by atoms with E-state index >= 15 is 0 Å². The average molecular weight is 371 g/mol. The predicted octanol–water partition coefficient (Wildman–Crippen LogP) is 1.30. The number of aromatic nitrogens is 3. The standard InChI is InChI=1S/C19H25N5O3/c1-26-16-8-13-5-7-23(10-14(13)9-17(16)27-2)11-18(25)22-15-4-3-6-24-19(15)20-12-21-24/h8-9,12,15H,3-7,10-11H2,1-2H3,(H,22,25). The summed E-state index contributed by atoms with van der Waals surface area (Å²) in [6, 6.07) is 4.01.